The molecule has 0 bridgehead atoms. The quantitative estimate of drug-likeness (QED) is 0.269. The molecule has 6 heteroatoms. The smallest absolute Gasteiger partial charge is 0.316 e. The van der Waals surface area contributed by atoms with Crippen LogP contribution in [0.15, 0.2) is 35.5 Å². The van der Waals surface area contributed by atoms with Gasteiger partial charge < -0.3 is 15.1 Å². The summed E-state index contributed by atoms with van der Waals surface area (Å²) < 4.78 is 4.77. The van der Waals surface area contributed by atoms with Gasteiger partial charge >= 0.3 is 5.97 Å². The summed E-state index contributed by atoms with van der Waals surface area (Å²) in [5.41, 5.74) is 0.525. The molecule has 18 heavy (non-hydrogen) atoms. The van der Waals surface area contributed by atoms with Crippen molar-refractivity contribution >= 4 is 23.9 Å². The average molecular weight is 269 g/mol. The lowest BCUT2D eigenvalue weighted by atomic mass is 10.1. The van der Waals surface area contributed by atoms with Gasteiger partial charge in [-0.05, 0) is 12.5 Å². The second-order valence-corrected chi connectivity index (χ2v) is 4.60. The number of carbonyl (C=O) groups is 1. The summed E-state index contributed by atoms with van der Waals surface area (Å²) >= 11 is 0.921. The number of ether oxygens (including phenoxy) is 1. The molecule has 1 rings (SSSR count). The lowest BCUT2D eigenvalue weighted by molar-refractivity contribution is -0.139. The van der Waals surface area contributed by atoms with E-state index < -0.39 is 10.9 Å². The Kier molecular flexibility index (Phi) is 5.67. The summed E-state index contributed by atoms with van der Waals surface area (Å²) in [4.78, 5) is 9.71. The van der Waals surface area contributed by atoms with E-state index in [2.05, 4.69) is 5.16 Å². The fourth-order valence-corrected chi connectivity index (χ4v) is 2.17. The lowest BCUT2D eigenvalue weighted by Gasteiger charge is -2.22. The molecule has 0 spiro atoms. The van der Waals surface area contributed by atoms with Gasteiger partial charge in [0.25, 0.3) is 0 Å². The van der Waals surface area contributed by atoms with Crippen molar-refractivity contribution in [3.63, 3.8) is 0 Å². The summed E-state index contributed by atoms with van der Waals surface area (Å²) in [6, 6.07) is 8.66. The van der Waals surface area contributed by atoms with E-state index >= 15 is 0 Å². The van der Waals surface area contributed by atoms with Gasteiger partial charge in [0.2, 0.25) is 0 Å². The minimum Gasteiger partial charge on any atom is -0.465 e. The number of oxime groups is 1. The molecule has 0 aliphatic rings. The highest BCUT2D eigenvalue weighted by atomic mass is 32.2. The number of nitrogens with zero attached hydrogens (tertiary/aromatic N) is 1. The van der Waals surface area contributed by atoms with Crippen molar-refractivity contribution in [2.24, 2.45) is 5.16 Å². The topological polar surface area (TPSA) is 79.1 Å². The Labute approximate surface area is 109 Å². The van der Waals surface area contributed by atoms with E-state index in [1.165, 1.54) is 0 Å². The van der Waals surface area contributed by atoms with Gasteiger partial charge in [-0.25, -0.2) is 0 Å². The third-order valence-electron chi connectivity index (χ3n) is 2.14. The Bertz CT molecular complexity index is 410. The molecule has 0 heterocycles. The van der Waals surface area contributed by atoms with Crippen molar-refractivity contribution in [2.75, 3.05) is 12.4 Å². The van der Waals surface area contributed by atoms with Gasteiger partial charge in [0.1, 0.15) is 0 Å². The summed E-state index contributed by atoms with van der Waals surface area (Å²) in [6.07, 6.45) is 0.978. The number of hydrogen-bond acceptors (Lipinski definition) is 6. The Hall–Kier alpha value is -1.53. The molecule has 98 valence electrons. The van der Waals surface area contributed by atoms with E-state index in [0.29, 0.717) is 5.56 Å². The Morgan fingerprint density at radius 3 is 2.72 bits per heavy atom. The normalized spacial score (nSPS) is 14.3. The van der Waals surface area contributed by atoms with E-state index in [4.69, 9.17) is 9.94 Å². The maximum absolute atomic E-state index is 11.3. The molecule has 0 aliphatic heterocycles. The predicted molar refractivity (Wildman–Crippen MR) is 69.7 cm³/mol. The molecule has 0 aliphatic carbocycles. The zero-order valence-corrected chi connectivity index (χ0v) is 10.8. The monoisotopic (exact) mass is 269 g/mol. The van der Waals surface area contributed by atoms with Crippen molar-refractivity contribution in [1.29, 1.82) is 0 Å². The molecular formula is C12H15NO4S. The second kappa shape index (κ2) is 7.03. The summed E-state index contributed by atoms with van der Waals surface area (Å²) in [7, 11) is 0. The highest BCUT2D eigenvalue weighted by Crippen LogP contribution is 2.32. The van der Waals surface area contributed by atoms with Crippen molar-refractivity contribution in [3.8, 4) is 0 Å². The largest absolute Gasteiger partial charge is 0.465 e. The third-order valence-corrected chi connectivity index (χ3v) is 3.30. The number of hydrogen-bond donors (Lipinski definition) is 2. The summed E-state index contributed by atoms with van der Waals surface area (Å²) in [5, 5.41) is 21.8. The first-order valence-electron chi connectivity index (χ1n) is 5.38. The second-order valence-electron chi connectivity index (χ2n) is 3.40. The van der Waals surface area contributed by atoms with Crippen LogP contribution in [0.5, 0.6) is 0 Å². The molecule has 2 N–H and O–H groups in total. The summed E-state index contributed by atoms with van der Waals surface area (Å²) in [5.74, 6) is -0.464. The molecule has 0 fully saturated rings. The third kappa shape index (κ3) is 4.05. The van der Waals surface area contributed by atoms with Gasteiger partial charge in [0, 0.05) is 0 Å². The van der Waals surface area contributed by atoms with E-state index in [-0.39, 0.29) is 12.4 Å². The fourth-order valence-electron chi connectivity index (χ4n) is 1.32. The molecule has 0 saturated heterocycles. The number of thioether (sulfide) groups is 1. The molecule has 0 radical (unpaired) electrons. The highest BCUT2D eigenvalue weighted by Gasteiger charge is 2.29. The molecule has 0 aromatic heterocycles. The van der Waals surface area contributed by atoms with E-state index in [0.717, 1.165) is 18.0 Å². The van der Waals surface area contributed by atoms with Crippen LogP contribution >= 0.6 is 11.8 Å². The van der Waals surface area contributed by atoms with Gasteiger partial charge in [-0.15, -0.1) is 11.8 Å². The Morgan fingerprint density at radius 2 is 2.17 bits per heavy atom. The molecule has 0 amide bonds. The molecule has 1 aromatic rings. The van der Waals surface area contributed by atoms with Crippen LogP contribution in [-0.4, -0.2) is 34.9 Å². The van der Waals surface area contributed by atoms with Gasteiger partial charge in [0.05, 0.1) is 18.6 Å². The van der Waals surface area contributed by atoms with E-state index in [9.17, 15) is 9.90 Å². The number of carbonyl (C=O) groups excluding carboxylic acids is 1. The van der Waals surface area contributed by atoms with Crippen LogP contribution in [-0.2, 0) is 14.5 Å². The Balaban J connectivity index is 2.79. The summed E-state index contributed by atoms with van der Waals surface area (Å²) in [6.45, 7) is 2.00. The molecule has 0 unspecified atom stereocenters. The minimum atomic E-state index is -1.55. The van der Waals surface area contributed by atoms with Crippen molar-refractivity contribution in [2.45, 2.75) is 11.9 Å². The van der Waals surface area contributed by atoms with E-state index in [1.807, 2.05) is 0 Å². The SMILES string of the molecule is CCOC(=O)CS[C@](O)(C=NO)c1ccccc1. The first-order chi connectivity index (χ1) is 8.62. The van der Waals surface area contributed by atoms with Gasteiger partial charge in [-0.1, -0.05) is 35.5 Å². The zero-order chi connectivity index (χ0) is 13.4. The van der Waals surface area contributed by atoms with Crippen LogP contribution in [0.3, 0.4) is 0 Å². The Morgan fingerprint density at radius 1 is 1.50 bits per heavy atom. The van der Waals surface area contributed by atoms with Crippen molar-refractivity contribution < 1.29 is 19.8 Å². The number of benzene rings is 1. The number of rotatable bonds is 6. The van der Waals surface area contributed by atoms with Gasteiger partial charge in [-0.2, -0.15) is 0 Å². The molecular weight excluding hydrogens is 254 g/mol. The molecule has 1 aromatic carbocycles. The highest BCUT2D eigenvalue weighted by molar-refractivity contribution is 8.01. The van der Waals surface area contributed by atoms with Crippen LogP contribution in [0, 0.1) is 0 Å². The minimum absolute atomic E-state index is 0.0365. The maximum Gasteiger partial charge on any atom is 0.316 e. The van der Waals surface area contributed by atoms with Crippen LogP contribution in [0.25, 0.3) is 0 Å². The molecule has 1 atom stereocenters. The standard InChI is InChI=1S/C12H15NO4S/c1-2-17-11(14)8-18-12(15,9-13-16)10-6-4-3-5-7-10/h3-7,9,15-16H,2,8H2,1H3/t12-/m1/s1. The predicted octanol–water partition coefficient (Wildman–Crippen LogP) is 1.59. The van der Waals surface area contributed by atoms with Gasteiger partial charge in [0.15, 0.2) is 4.93 Å². The number of aliphatic hydroxyl groups is 1. The molecule has 0 saturated carbocycles. The lowest BCUT2D eigenvalue weighted by Crippen LogP contribution is -2.25. The van der Waals surface area contributed by atoms with Crippen LogP contribution in [0.1, 0.15) is 12.5 Å². The number of esters is 1. The maximum atomic E-state index is 11.3. The van der Waals surface area contributed by atoms with Crippen molar-refractivity contribution in [3.05, 3.63) is 35.9 Å². The first kappa shape index (κ1) is 14.5. The first-order valence-corrected chi connectivity index (χ1v) is 6.37. The zero-order valence-electron chi connectivity index (χ0n) is 9.94. The fraction of sp³-hybridized carbons (Fsp3) is 0.333. The van der Waals surface area contributed by atoms with Gasteiger partial charge in [-0.3, -0.25) is 4.79 Å². The molecule has 5 nitrogen and oxygen atoms in total. The van der Waals surface area contributed by atoms with Crippen molar-refractivity contribution in [1.82, 2.24) is 0 Å². The van der Waals surface area contributed by atoms with E-state index in [1.54, 1.807) is 37.3 Å². The average Bonchev–Trinajstić information content (AvgIpc) is 2.38. The van der Waals surface area contributed by atoms with Crippen LogP contribution < -0.4 is 0 Å². The van der Waals surface area contributed by atoms with Crippen LogP contribution in [0.2, 0.25) is 0 Å². The van der Waals surface area contributed by atoms with Crippen LogP contribution in [0.4, 0.5) is 0 Å².